The zero-order chi connectivity index (χ0) is 21.9. The van der Waals surface area contributed by atoms with E-state index >= 15 is 0 Å². The number of amides is 1. The first-order valence-electron chi connectivity index (χ1n) is 9.50. The highest BCUT2D eigenvalue weighted by atomic mass is 32.2. The van der Waals surface area contributed by atoms with Crippen molar-refractivity contribution < 1.29 is 13.2 Å². The van der Waals surface area contributed by atoms with Crippen molar-refractivity contribution in [1.82, 2.24) is 19.6 Å². The Bertz CT molecular complexity index is 1250. The summed E-state index contributed by atoms with van der Waals surface area (Å²) in [7, 11) is -3.62. The lowest BCUT2D eigenvalue weighted by molar-refractivity contribution is -0.121. The summed E-state index contributed by atoms with van der Waals surface area (Å²) < 4.78 is 28.4. The van der Waals surface area contributed by atoms with Crippen molar-refractivity contribution in [1.29, 1.82) is 0 Å². The van der Waals surface area contributed by atoms with Crippen LogP contribution in [0.5, 0.6) is 0 Å². The van der Waals surface area contributed by atoms with Crippen LogP contribution in [0.15, 0.2) is 58.5 Å². The van der Waals surface area contributed by atoms with E-state index in [4.69, 9.17) is 0 Å². The van der Waals surface area contributed by atoms with E-state index in [0.717, 1.165) is 5.56 Å². The number of aromatic nitrogens is 2. The number of benzene rings is 2. The van der Waals surface area contributed by atoms with Crippen molar-refractivity contribution in [3.8, 4) is 0 Å². The SMILES string of the molecule is Cc1cccc2c(=O)n(CC(=O)NCc3cccc(S(=O)(=O)NC(C)C)c3)cnc12. The molecule has 2 N–H and O–H groups in total. The zero-order valence-electron chi connectivity index (χ0n) is 17.0. The average molecular weight is 429 g/mol. The summed E-state index contributed by atoms with van der Waals surface area (Å²) in [6, 6.07) is 11.5. The van der Waals surface area contributed by atoms with E-state index < -0.39 is 10.0 Å². The van der Waals surface area contributed by atoms with Gasteiger partial charge in [0.2, 0.25) is 15.9 Å². The molecule has 9 heteroatoms. The minimum absolute atomic E-state index is 0.133. The Balaban J connectivity index is 1.70. The third-order valence-corrected chi connectivity index (χ3v) is 6.11. The number of fused-ring (bicyclic) bond motifs is 1. The minimum atomic E-state index is -3.62. The van der Waals surface area contributed by atoms with Crippen LogP contribution in [0.1, 0.15) is 25.0 Å². The van der Waals surface area contributed by atoms with Crippen molar-refractivity contribution in [3.05, 3.63) is 70.3 Å². The number of carbonyl (C=O) groups excluding carboxylic acids is 1. The number of sulfonamides is 1. The van der Waals surface area contributed by atoms with Crippen molar-refractivity contribution in [2.45, 2.75) is 44.8 Å². The molecule has 158 valence electrons. The molecule has 0 saturated carbocycles. The molecule has 3 rings (SSSR count). The highest BCUT2D eigenvalue weighted by Gasteiger charge is 2.16. The maximum Gasteiger partial charge on any atom is 0.261 e. The molecule has 0 aliphatic heterocycles. The highest BCUT2D eigenvalue weighted by molar-refractivity contribution is 7.89. The molecular weight excluding hydrogens is 404 g/mol. The van der Waals surface area contributed by atoms with Crippen LogP contribution in [0.2, 0.25) is 0 Å². The van der Waals surface area contributed by atoms with Gasteiger partial charge in [0.05, 0.1) is 22.1 Å². The molecule has 0 saturated heterocycles. The summed E-state index contributed by atoms with van der Waals surface area (Å²) in [6.45, 7) is 5.32. The fourth-order valence-corrected chi connectivity index (χ4v) is 4.38. The molecule has 1 heterocycles. The molecule has 0 spiro atoms. The normalized spacial score (nSPS) is 11.7. The van der Waals surface area contributed by atoms with Crippen LogP contribution in [0.25, 0.3) is 10.9 Å². The van der Waals surface area contributed by atoms with Crippen LogP contribution in [-0.4, -0.2) is 29.9 Å². The third kappa shape index (κ3) is 4.92. The fraction of sp³-hybridized carbons (Fsp3) is 0.286. The number of carbonyl (C=O) groups is 1. The average Bonchev–Trinajstić information content (AvgIpc) is 2.68. The fourth-order valence-electron chi connectivity index (χ4n) is 3.06. The second-order valence-electron chi connectivity index (χ2n) is 7.35. The molecule has 0 aliphatic carbocycles. The standard InChI is InChI=1S/C21H24N4O4S/c1-14(2)24-30(28,29)17-8-5-7-16(10-17)11-22-19(26)12-25-13-23-20-15(3)6-4-9-18(20)21(25)27/h4-10,13-14,24H,11-12H2,1-3H3,(H,22,26). The first-order valence-corrected chi connectivity index (χ1v) is 11.0. The maximum atomic E-state index is 12.6. The lowest BCUT2D eigenvalue weighted by Crippen LogP contribution is -2.32. The van der Waals surface area contributed by atoms with E-state index in [-0.39, 0.29) is 35.5 Å². The lowest BCUT2D eigenvalue weighted by Gasteiger charge is -2.11. The summed E-state index contributed by atoms with van der Waals surface area (Å²) in [5, 5.41) is 3.17. The van der Waals surface area contributed by atoms with Gasteiger partial charge in [-0.25, -0.2) is 18.1 Å². The summed E-state index contributed by atoms with van der Waals surface area (Å²) in [4.78, 5) is 29.4. The van der Waals surface area contributed by atoms with Gasteiger partial charge in [0.15, 0.2) is 0 Å². The van der Waals surface area contributed by atoms with E-state index in [1.54, 1.807) is 38.1 Å². The first kappa shape index (κ1) is 21.7. The molecule has 8 nitrogen and oxygen atoms in total. The summed E-state index contributed by atoms with van der Waals surface area (Å²) in [5.74, 6) is -0.375. The number of nitrogens with one attached hydrogen (secondary N) is 2. The molecule has 0 unspecified atom stereocenters. The summed E-state index contributed by atoms with van der Waals surface area (Å²) in [6.07, 6.45) is 1.36. The number of rotatable bonds is 7. The molecule has 30 heavy (non-hydrogen) atoms. The van der Waals surface area contributed by atoms with E-state index in [2.05, 4.69) is 15.0 Å². The predicted octanol–water partition coefficient (Wildman–Crippen LogP) is 1.71. The molecule has 0 atom stereocenters. The lowest BCUT2D eigenvalue weighted by atomic mass is 10.1. The minimum Gasteiger partial charge on any atom is -0.350 e. The Morgan fingerprint density at radius 3 is 2.63 bits per heavy atom. The highest BCUT2D eigenvalue weighted by Crippen LogP contribution is 2.13. The maximum absolute atomic E-state index is 12.6. The van der Waals surface area contributed by atoms with Crippen LogP contribution >= 0.6 is 0 Å². The quantitative estimate of drug-likeness (QED) is 0.595. The van der Waals surface area contributed by atoms with Gasteiger partial charge in [0, 0.05) is 12.6 Å². The van der Waals surface area contributed by atoms with Gasteiger partial charge in [-0.3, -0.25) is 14.2 Å². The molecule has 1 aromatic heterocycles. The molecule has 2 aromatic carbocycles. The zero-order valence-corrected chi connectivity index (χ0v) is 17.9. The number of para-hydroxylation sites is 1. The topological polar surface area (TPSA) is 110 Å². The van der Waals surface area contributed by atoms with Crippen LogP contribution in [-0.2, 0) is 27.9 Å². The van der Waals surface area contributed by atoms with Crippen molar-refractivity contribution in [2.24, 2.45) is 0 Å². The smallest absolute Gasteiger partial charge is 0.261 e. The van der Waals surface area contributed by atoms with Gasteiger partial charge in [0.1, 0.15) is 6.54 Å². The first-order chi connectivity index (χ1) is 14.2. The Hall–Kier alpha value is -3.04. The summed E-state index contributed by atoms with van der Waals surface area (Å²) in [5.41, 5.74) is 1.86. The van der Waals surface area contributed by atoms with Crippen LogP contribution in [0.3, 0.4) is 0 Å². The Kier molecular flexibility index (Phi) is 6.33. The van der Waals surface area contributed by atoms with Gasteiger partial charge in [-0.05, 0) is 50.1 Å². The second kappa shape index (κ2) is 8.76. The van der Waals surface area contributed by atoms with Gasteiger partial charge in [-0.1, -0.05) is 24.3 Å². The van der Waals surface area contributed by atoms with E-state index in [0.29, 0.717) is 16.5 Å². The van der Waals surface area contributed by atoms with Gasteiger partial charge >= 0.3 is 0 Å². The molecule has 0 radical (unpaired) electrons. The molecule has 1 amide bonds. The van der Waals surface area contributed by atoms with Gasteiger partial charge in [-0.2, -0.15) is 0 Å². The predicted molar refractivity (Wildman–Crippen MR) is 114 cm³/mol. The molecule has 3 aromatic rings. The van der Waals surface area contributed by atoms with Crippen molar-refractivity contribution in [3.63, 3.8) is 0 Å². The second-order valence-corrected chi connectivity index (χ2v) is 9.06. The largest absolute Gasteiger partial charge is 0.350 e. The van der Waals surface area contributed by atoms with Crippen molar-refractivity contribution in [2.75, 3.05) is 0 Å². The Labute approximate surface area is 175 Å². The van der Waals surface area contributed by atoms with E-state index in [1.165, 1.54) is 23.0 Å². The molecule has 0 bridgehead atoms. The van der Waals surface area contributed by atoms with Crippen molar-refractivity contribution >= 4 is 26.8 Å². The molecular formula is C21H24N4O4S. The monoisotopic (exact) mass is 428 g/mol. The number of hydrogen-bond acceptors (Lipinski definition) is 5. The van der Waals surface area contributed by atoms with E-state index in [9.17, 15) is 18.0 Å². The van der Waals surface area contributed by atoms with Gasteiger partial charge in [-0.15, -0.1) is 0 Å². The Morgan fingerprint density at radius 2 is 1.90 bits per heavy atom. The number of hydrogen-bond donors (Lipinski definition) is 2. The molecule has 0 aliphatic rings. The van der Waals surface area contributed by atoms with Gasteiger partial charge in [0.25, 0.3) is 5.56 Å². The Morgan fingerprint density at radius 1 is 1.17 bits per heavy atom. The number of nitrogens with zero attached hydrogens (tertiary/aromatic N) is 2. The van der Waals surface area contributed by atoms with Crippen LogP contribution in [0.4, 0.5) is 0 Å². The van der Waals surface area contributed by atoms with Crippen LogP contribution in [0, 0.1) is 6.92 Å². The summed E-state index contributed by atoms with van der Waals surface area (Å²) >= 11 is 0. The third-order valence-electron chi connectivity index (χ3n) is 4.46. The van der Waals surface area contributed by atoms with Gasteiger partial charge < -0.3 is 5.32 Å². The molecule has 0 fully saturated rings. The number of aryl methyl sites for hydroxylation is 1. The van der Waals surface area contributed by atoms with Crippen LogP contribution < -0.4 is 15.6 Å². The van der Waals surface area contributed by atoms with E-state index in [1.807, 2.05) is 13.0 Å².